The summed E-state index contributed by atoms with van der Waals surface area (Å²) < 4.78 is 0. The summed E-state index contributed by atoms with van der Waals surface area (Å²) in [5.74, 6) is 1.22. The fraction of sp³-hybridized carbons (Fsp3) is 0.500. The number of hydrogen-bond donors (Lipinski definition) is 1. The molecule has 2 heterocycles. The highest BCUT2D eigenvalue weighted by Gasteiger charge is 2.28. The van der Waals surface area contributed by atoms with Gasteiger partial charge < -0.3 is 10.2 Å². The average molecular weight is 219 g/mol. The summed E-state index contributed by atoms with van der Waals surface area (Å²) in [7, 11) is 1.69. The molecule has 4 nitrogen and oxygen atoms in total. The number of hydrogen-bond acceptors (Lipinski definition) is 3. The maximum atomic E-state index is 11.5. The monoisotopic (exact) mass is 219 g/mol. The van der Waals surface area contributed by atoms with Crippen molar-refractivity contribution in [1.29, 1.82) is 0 Å². The van der Waals surface area contributed by atoms with Gasteiger partial charge in [-0.15, -0.1) is 0 Å². The van der Waals surface area contributed by atoms with E-state index in [4.69, 9.17) is 0 Å². The van der Waals surface area contributed by atoms with E-state index in [9.17, 15) is 4.79 Å². The molecule has 0 radical (unpaired) electrons. The predicted octanol–water partition coefficient (Wildman–Crippen LogP) is 0.962. The van der Waals surface area contributed by atoms with Gasteiger partial charge in [-0.1, -0.05) is 6.07 Å². The third kappa shape index (κ3) is 2.15. The quantitative estimate of drug-likeness (QED) is 0.806. The number of anilines is 1. The van der Waals surface area contributed by atoms with Gasteiger partial charge in [0.25, 0.3) is 0 Å². The second-order valence-electron chi connectivity index (χ2n) is 4.18. The summed E-state index contributed by atoms with van der Waals surface area (Å²) in [6.07, 6.45) is 0.912. The molecule has 0 aliphatic carbocycles. The number of pyridine rings is 1. The van der Waals surface area contributed by atoms with Crippen LogP contribution in [0.4, 0.5) is 5.82 Å². The Balaban J connectivity index is 2.06. The second kappa shape index (κ2) is 4.51. The summed E-state index contributed by atoms with van der Waals surface area (Å²) in [4.78, 5) is 18.1. The molecule has 2 rings (SSSR count). The molecule has 0 bridgehead atoms. The van der Waals surface area contributed by atoms with Crippen LogP contribution in [0, 0.1) is 12.8 Å². The van der Waals surface area contributed by atoms with Gasteiger partial charge in [-0.2, -0.15) is 0 Å². The first-order valence-corrected chi connectivity index (χ1v) is 5.61. The Morgan fingerprint density at radius 2 is 2.38 bits per heavy atom. The third-order valence-corrected chi connectivity index (χ3v) is 3.00. The van der Waals surface area contributed by atoms with Crippen LogP contribution in [-0.2, 0) is 4.79 Å². The molecular formula is C12H17N3O. The highest BCUT2D eigenvalue weighted by atomic mass is 16.1. The molecule has 1 amide bonds. The lowest BCUT2D eigenvalue weighted by Crippen LogP contribution is -2.30. The molecular weight excluding hydrogens is 202 g/mol. The molecule has 16 heavy (non-hydrogen) atoms. The normalized spacial score (nSPS) is 19.9. The zero-order valence-corrected chi connectivity index (χ0v) is 9.73. The highest BCUT2D eigenvalue weighted by Crippen LogP contribution is 2.22. The molecule has 1 aromatic rings. The largest absolute Gasteiger partial charge is 0.359 e. The van der Waals surface area contributed by atoms with Crippen molar-refractivity contribution in [3.05, 3.63) is 23.9 Å². The van der Waals surface area contributed by atoms with E-state index >= 15 is 0 Å². The Kier molecular flexibility index (Phi) is 3.08. The van der Waals surface area contributed by atoms with E-state index in [1.54, 1.807) is 7.05 Å². The van der Waals surface area contributed by atoms with Crippen LogP contribution in [0.3, 0.4) is 0 Å². The minimum absolute atomic E-state index is 0.104. The SMILES string of the molecule is CNC(=O)C1CCN(c2cccc(C)n2)C1. The van der Waals surface area contributed by atoms with Crippen molar-refractivity contribution in [1.82, 2.24) is 10.3 Å². The van der Waals surface area contributed by atoms with Gasteiger partial charge in [0.2, 0.25) is 5.91 Å². The third-order valence-electron chi connectivity index (χ3n) is 3.00. The van der Waals surface area contributed by atoms with Gasteiger partial charge in [0.05, 0.1) is 5.92 Å². The Morgan fingerprint density at radius 1 is 1.56 bits per heavy atom. The van der Waals surface area contributed by atoms with Crippen LogP contribution >= 0.6 is 0 Å². The minimum Gasteiger partial charge on any atom is -0.359 e. The molecule has 0 aromatic carbocycles. The highest BCUT2D eigenvalue weighted by molar-refractivity contribution is 5.79. The summed E-state index contributed by atoms with van der Waals surface area (Å²) in [6.45, 7) is 3.67. The Bertz CT molecular complexity index is 392. The zero-order valence-electron chi connectivity index (χ0n) is 9.73. The Hall–Kier alpha value is -1.58. The number of aryl methyl sites for hydroxylation is 1. The van der Waals surface area contributed by atoms with E-state index in [0.717, 1.165) is 31.0 Å². The summed E-state index contributed by atoms with van der Waals surface area (Å²) in [5, 5.41) is 2.70. The molecule has 0 saturated carbocycles. The first-order chi connectivity index (χ1) is 7.70. The molecule has 0 spiro atoms. The summed E-state index contributed by atoms with van der Waals surface area (Å²) >= 11 is 0. The Labute approximate surface area is 95.7 Å². The second-order valence-corrected chi connectivity index (χ2v) is 4.18. The molecule has 1 fully saturated rings. The van der Waals surface area contributed by atoms with E-state index in [1.165, 1.54) is 0 Å². The lowest BCUT2D eigenvalue weighted by molar-refractivity contribution is -0.123. The number of amides is 1. The van der Waals surface area contributed by atoms with Gasteiger partial charge in [-0.3, -0.25) is 4.79 Å². The van der Waals surface area contributed by atoms with E-state index < -0.39 is 0 Å². The van der Waals surface area contributed by atoms with Crippen molar-refractivity contribution in [2.45, 2.75) is 13.3 Å². The van der Waals surface area contributed by atoms with Crippen molar-refractivity contribution in [2.75, 3.05) is 25.0 Å². The van der Waals surface area contributed by atoms with Crippen molar-refractivity contribution >= 4 is 11.7 Å². The molecule has 1 aromatic heterocycles. The van der Waals surface area contributed by atoms with Crippen molar-refractivity contribution in [3.63, 3.8) is 0 Å². The van der Waals surface area contributed by atoms with Crippen molar-refractivity contribution in [2.24, 2.45) is 5.92 Å². The van der Waals surface area contributed by atoms with Gasteiger partial charge in [0, 0.05) is 25.8 Å². The van der Waals surface area contributed by atoms with Gasteiger partial charge in [0.1, 0.15) is 5.82 Å². The molecule has 1 unspecified atom stereocenters. The fourth-order valence-corrected chi connectivity index (χ4v) is 2.09. The standard InChI is InChI=1S/C12H17N3O/c1-9-4-3-5-11(14-9)15-7-6-10(8-15)12(16)13-2/h3-5,10H,6-8H2,1-2H3,(H,13,16). The van der Waals surface area contributed by atoms with Crippen molar-refractivity contribution in [3.8, 4) is 0 Å². The number of carbonyl (C=O) groups excluding carboxylic acids is 1. The molecule has 1 aliphatic rings. The number of rotatable bonds is 2. The van der Waals surface area contributed by atoms with Crippen LogP contribution in [0.5, 0.6) is 0 Å². The van der Waals surface area contributed by atoms with Crippen LogP contribution in [0.15, 0.2) is 18.2 Å². The number of nitrogens with zero attached hydrogens (tertiary/aromatic N) is 2. The molecule has 1 aliphatic heterocycles. The van der Waals surface area contributed by atoms with Crippen LogP contribution < -0.4 is 10.2 Å². The van der Waals surface area contributed by atoms with Crippen LogP contribution in [-0.4, -0.2) is 31.0 Å². The number of aromatic nitrogens is 1. The van der Waals surface area contributed by atoms with Gasteiger partial charge in [0.15, 0.2) is 0 Å². The van der Waals surface area contributed by atoms with Crippen LogP contribution in [0.1, 0.15) is 12.1 Å². The first-order valence-electron chi connectivity index (χ1n) is 5.61. The predicted molar refractivity (Wildman–Crippen MR) is 63.4 cm³/mol. The van der Waals surface area contributed by atoms with Crippen LogP contribution in [0.25, 0.3) is 0 Å². The molecule has 1 N–H and O–H groups in total. The lowest BCUT2D eigenvalue weighted by atomic mass is 10.1. The maximum absolute atomic E-state index is 11.5. The van der Waals surface area contributed by atoms with Crippen molar-refractivity contribution < 1.29 is 4.79 Å². The van der Waals surface area contributed by atoms with Crippen LogP contribution in [0.2, 0.25) is 0 Å². The molecule has 1 saturated heterocycles. The maximum Gasteiger partial charge on any atom is 0.224 e. The van der Waals surface area contributed by atoms with E-state index in [-0.39, 0.29) is 11.8 Å². The summed E-state index contributed by atoms with van der Waals surface area (Å²) in [6, 6.07) is 5.99. The lowest BCUT2D eigenvalue weighted by Gasteiger charge is -2.17. The first kappa shape index (κ1) is 10.9. The average Bonchev–Trinajstić information content (AvgIpc) is 2.77. The number of carbonyl (C=O) groups is 1. The van der Waals surface area contributed by atoms with E-state index in [2.05, 4.69) is 15.2 Å². The van der Waals surface area contributed by atoms with E-state index in [1.807, 2.05) is 25.1 Å². The smallest absolute Gasteiger partial charge is 0.224 e. The summed E-state index contributed by atoms with van der Waals surface area (Å²) in [5.41, 5.74) is 1.01. The minimum atomic E-state index is 0.104. The number of nitrogens with one attached hydrogen (secondary N) is 1. The molecule has 1 atom stereocenters. The molecule has 4 heteroatoms. The van der Waals surface area contributed by atoms with E-state index in [0.29, 0.717) is 0 Å². The van der Waals surface area contributed by atoms with Gasteiger partial charge >= 0.3 is 0 Å². The fourth-order valence-electron chi connectivity index (χ4n) is 2.09. The van der Waals surface area contributed by atoms with Gasteiger partial charge in [-0.05, 0) is 25.5 Å². The molecule has 86 valence electrons. The Morgan fingerprint density at radius 3 is 3.06 bits per heavy atom. The zero-order chi connectivity index (χ0) is 11.5. The van der Waals surface area contributed by atoms with Gasteiger partial charge in [-0.25, -0.2) is 4.98 Å². The topological polar surface area (TPSA) is 45.2 Å².